The normalized spacial score (nSPS) is 31.8. The molecule has 1 nitrogen and oxygen atoms in total. The molecule has 0 saturated heterocycles. The molecule has 0 amide bonds. The Hall–Kier alpha value is -0.890. The van der Waals surface area contributed by atoms with E-state index in [1.54, 1.807) is 12.1 Å². The van der Waals surface area contributed by atoms with Gasteiger partial charge in [-0.2, -0.15) is 0 Å². The Labute approximate surface area is 109 Å². The Morgan fingerprint density at radius 2 is 2.11 bits per heavy atom. The highest BCUT2D eigenvalue weighted by Gasteiger charge is 2.42. The number of nitrogens with one attached hydrogen (secondary N) is 1. The third-order valence-electron chi connectivity index (χ3n) is 5.08. The van der Waals surface area contributed by atoms with Crippen molar-refractivity contribution < 1.29 is 4.39 Å². The lowest BCUT2D eigenvalue weighted by atomic mass is 9.81. The van der Waals surface area contributed by atoms with E-state index in [9.17, 15) is 4.39 Å². The van der Waals surface area contributed by atoms with E-state index in [-0.39, 0.29) is 5.82 Å². The first-order chi connectivity index (χ1) is 8.78. The van der Waals surface area contributed by atoms with E-state index in [1.807, 2.05) is 19.2 Å². The van der Waals surface area contributed by atoms with Gasteiger partial charge in [-0.15, -0.1) is 0 Å². The van der Waals surface area contributed by atoms with Gasteiger partial charge in [-0.1, -0.05) is 24.6 Å². The summed E-state index contributed by atoms with van der Waals surface area (Å²) in [5.74, 6) is 2.55. The van der Waals surface area contributed by atoms with Crippen molar-refractivity contribution >= 4 is 0 Å². The number of halogens is 1. The van der Waals surface area contributed by atoms with Crippen LogP contribution in [0.1, 0.15) is 31.2 Å². The number of benzene rings is 1. The van der Waals surface area contributed by atoms with E-state index in [1.165, 1.54) is 25.7 Å². The van der Waals surface area contributed by atoms with Crippen LogP contribution in [-0.4, -0.2) is 13.1 Å². The van der Waals surface area contributed by atoms with Crippen LogP contribution in [0.4, 0.5) is 4.39 Å². The first-order valence-corrected chi connectivity index (χ1v) is 7.18. The lowest BCUT2D eigenvalue weighted by molar-refractivity contribution is 0.254. The van der Waals surface area contributed by atoms with Crippen LogP contribution >= 0.6 is 0 Å². The molecule has 2 fully saturated rings. The lowest BCUT2D eigenvalue weighted by Gasteiger charge is -2.30. The molecule has 0 heterocycles. The van der Waals surface area contributed by atoms with E-state index in [0.29, 0.717) is 6.04 Å². The van der Waals surface area contributed by atoms with E-state index < -0.39 is 0 Å². The second kappa shape index (κ2) is 5.00. The molecule has 2 saturated carbocycles. The number of fused-ring (bicyclic) bond motifs is 2. The van der Waals surface area contributed by atoms with Crippen LogP contribution < -0.4 is 5.32 Å². The van der Waals surface area contributed by atoms with Crippen molar-refractivity contribution in [3.8, 4) is 0 Å². The van der Waals surface area contributed by atoms with E-state index in [4.69, 9.17) is 0 Å². The predicted octanol–water partition coefficient (Wildman–Crippen LogP) is 3.39. The summed E-state index contributed by atoms with van der Waals surface area (Å²) >= 11 is 0. The third kappa shape index (κ3) is 2.18. The molecule has 2 aliphatic carbocycles. The minimum absolute atomic E-state index is 0.0547. The van der Waals surface area contributed by atoms with Crippen LogP contribution in [0.5, 0.6) is 0 Å². The predicted molar refractivity (Wildman–Crippen MR) is 71.9 cm³/mol. The molecule has 18 heavy (non-hydrogen) atoms. The maximum absolute atomic E-state index is 13.7. The van der Waals surface area contributed by atoms with Crippen LogP contribution in [0.25, 0.3) is 0 Å². The zero-order valence-electron chi connectivity index (χ0n) is 11.0. The van der Waals surface area contributed by atoms with Crippen LogP contribution in [0.3, 0.4) is 0 Å². The molecule has 1 aromatic rings. The van der Waals surface area contributed by atoms with Crippen molar-refractivity contribution in [1.29, 1.82) is 0 Å². The van der Waals surface area contributed by atoms with E-state index in [0.717, 1.165) is 29.7 Å². The summed E-state index contributed by atoms with van der Waals surface area (Å²) in [4.78, 5) is 0. The summed E-state index contributed by atoms with van der Waals surface area (Å²) in [6, 6.07) is 7.64. The maximum atomic E-state index is 13.7. The number of hydrogen-bond donors (Lipinski definition) is 1. The molecule has 2 bridgehead atoms. The number of hydrogen-bond acceptors (Lipinski definition) is 1. The summed E-state index contributed by atoms with van der Waals surface area (Å²) in [6.45, 7) is 0. The number of rotatable bonds is 4. The summed E-state index contributed by atoms with van der Waals surface area (Å²) < 4.78 is 13.7. The molecule has 4 atom stereocenters. The summed E-state index contributed by atoms with van der Waals surface area (Å²) in [6.07, 6.45) is 6.42. The minimum atomic E-state index is -0.0547. The largest absolute Gasteiger partial charge is 0.316 e. The molecule has 4 unspecified atom stereocenters. The van der Waals surface area contributed by atoms with E-state index in [2.05, 4.69) is 5.32 Å². The van der Waals surface area contributed by atoms with Gasteiger partial charge in [-0.05, 0) is 62.1 Å². The SMILES string of the molecule is CNC(Cc1ccccc1F)C1CC2CCC1C2. The molecule has 98 valence electrons. The summed E-state index contributed by atoms with van der Waals surface area (Å²) in [7, 11) is 2.03. The summed E-state index contributed by atoms with van der Waals surface area (Å²) in [5, 5.41) is 3.44. The molecule has 0 aromatic heterocycles. The van der Waals surface area contributed by atoms with Gasteiger partial charge in [0, 0.05) is 6.04 Å². The van der Waals surface area contributed by atoms with Gasteiger partial charge in [-0.3, -0.25) is 0 Å². The molecule has 1 aromatic carbocycles. The molecule has 0 radical (unpaired) electrons. The first kappa shape index (κ1) is 12.2. The van der Waals surface area contributed by atoms with Crippen molar-refractivity contribution in [2.75, 3.05) is 7.05 Å². The van der Waals surface area contributed by atoms with Crippen molar-refractivity contribution in [3.05, 3.63) is 35.6 Å². The Balaban J connectivity index is 1.72. The van der Waals surface area contributed by atoms with Crippen molar-refractivity contribution in [3.63, 3.8) is 0 Å². The summed E-state index contributed by atoms with van der Waals surface area (Å²) in [5.41, 5.74) is 0.861. The molecule has 2 heteroatoms. The van der Waals surface area contributed by atoms with Gasteiger partial charge in [0.05, 0.1) is 0 Å². The molecule has 2 aliphatic rings. The maximum Gasteiger partial charge on any atom is 0.126 e. The second-order valence-corrected chi connectivity index (χ2v) is 6.03. The van der Waals surface area contributed by atoms with Crippen molar-refractivity contribution in [1.82, 2.24) is 5.32 Å². The Bertz CT molecular complexity index is 417. The smallest absolute Gasteiger partial charge is 0.126 e. The van der Waals surface area contributed by atoms with Crippen LogP contribution in [0, 0.1) is 23.6 Å². The molecule has 0 aliphatic heterocycles. The van der Waals surface area contributed by atoms with E-state index >= 15 is 0 Å². The zero-order chi connectivity index (χ0) is 12.5. The lowest BCUT2D eigenvalue weighted by Crippen LogP contribution is -2.38. The van der Waals surface area contributed by atoms with Gasteiger partial charge in [-0.25, -0.2) is 4.39 Å². The van der Waals surface area contributed by atoms with Gasteiger partial charge >= 0.3 is 0 Å². The number of likely N-dealkylation sites (N-methyl/N-ethyl adjacent to an activating group) is 1. The minimum Gasteiger partial charge on any atom is -0.316 e. The van der Waals surface area contributed by atoms with Gasteiger partial charge < -0.3 is 5.32 Å². The average molecular weight is 247 g/mol. The highest BCUT2D eigenvalue weighted by molar-refractivity contribution is 5.19. The molecular formula is C16H22FN. The fourth-order valence-corrected chi connectivity index (χ4v) is 4.16. The van der Waals surface area contributed by atoms with Crippen molar-refractivity contribution in [2.45, 2.75) is 38.1 Å². The topological polar surface area (TPSA) is 12.0 Å². The van der Waals surface area contributed by atoms with Gasteiger partial charge in [0.1, 0.15) is 5.82 Å². The quantitative estimate of drug-likeness (QED) is 0.860. The molecule has 0 spiro atoms. The van der Waals surface area contributed by atoms with Gasteiger partial charge in [0.2, 0.25) is 0 Å². The Morgan fingerprint density at radius 1 is 1.28 bits per heavy atom. The first-order valence-electron chi connectivity index (χ1n) is 7.18. The van der Waals surface area contributed by atoms with Crippen LogP contribution in [-0.2, 0) is 6.42 Å². The Kier molecular flexibility index (Phi) is 3.38. The third-order valence-corrected chi connectivity index (χ3v) is 5.08. The fourth-order valence-electron chi connectivity index (χ4n) is 4.16. The van der Waals surface area contributed by atoms with Crippen LogP contribution in [0.15, 0.2) is 24.3 Å². The second-order valence-electron chi connectivity index (χ2n) is 6.03. The Morgan fingerprint density at radius 3 is 2.72 bits per heavy atom. The van der Waals surface area contributed by atoms with Gasteiger partial charge in [0.15, 0.2) is 0 Å². The monoisotopic (exact) mass is 247 g/mol. The van der Waals surface area contributed by atoms with Gasteiger partial charge in [0.25, 0.3) is 0 Å². The average Bonchev–Trinajstić information content (AvgIpc) is 3.00. The standard InChI is InChI=1S/C16H22FN/c1-18-16(10-13-4-2-3-5-15(13)17)14-9-11-6-7-12(14)8-11/h2-5,11-12,14,16,18H,6-10H2,1H3. The molecule has 3 rings (SSSR count). The molecule has 1 N–H and O–H groups in total. The van der Waals surface area contributed by atoms with Crippen LogP contribution in [0.2, 0.25) is 0 Å². The fraction of sp³-hybridized carbons (Fsp3) is 0.625. The zero-order valence-corrected chi connectivity index (χ0v) is 11.0. The van der Waals surface area contributed by atoms with Crippen molar-refractivity contribution in [2.24, 2.45) is 17.8 Å². The highest BCUT2D eigenvalue weighted by atomic mass is 19.1. The molecular weight excluding hydrogens is 225 g/mol. The highest BCUT2D eigenvalue weighted by Crippen LogP contribution is 2.49.